The Bertz CT molecular complexity index is 2300. The van der Waals surface area contributed by atoms with Crippen LogP contribution in [-0.4, -0.2) is 74.7 Å². The van der Waals surface area contributed by atoms with Crippen molar-refractivity contribution >= 4 is 40.0 Å². The average Bonchev–Trinajstić information content (AvgIpc) is 3.52. The number of amides is 2. The molecule has 1 aromatic carbocycles. The van der Waals surface area contributed by atoms with Gasteiger partial charge in [-0.1, -0.05) is 32.9 Å². The highest BCUT2D eigenvalue weighted by Gasteiger charge is 2.54. The maximum atomic E-state index is 14.3. The molecule has 12 nitrogen and oxygen atoms in total. The van der Waals surface area contributed by atoms with Crippen molar-refractivity contribution in [2.75, 3.05) is 20.3 Å². The lowest BCUT2D eigenvalue weighted by atomic mass is 9.84. The van der Waals surface area contributed by atoms with Gasteiger partial charge < -0.3 is 19.4 Å². The zero-order valence-electron chi connectivity index (χ0n) is 33.5. The van der Waals surface area contributed by atoms with Crippen molar-refractivity contribution in [3.05, 3.63) is 88.3 Å². The van der Waals surface area contributed by atoms with E-state index in [1.807, 2.05) is 43.5 Å². The molecule has 298 valence electrons. The smallest absolute Gasteiger partial charge is 0.324 e. The molecule has 0 spiro atoms. The molecular weight excluding hydrogens is 739 g/mol. The highest BCUT2D eigenvalue weighted by Crippen LogP contribution is 2.53. The number of thiazole rings is 1. The minimum absolute atomic E-state index is 0.0143. The highest BCUT2D eigenvalue weighted by molar-refractivity contribution is 7.10. The Labute approximate surface area is 337 Å². The Kier molecular flexibility index (Phi) is 10.7. The molecule has 2 amide bonds. The molecular formula is C44H51N7O5S. The lowest BCUT2D eigenvalue weighted by Crippen LogP contribution is -2.60. The molecule has 8 rings (SSSR count). The summed E-state index contributed by atoms with van der Waals surface area (Å²) in [6.07, 6.45) is 5.28. The van der Waals surface area contributed by atoms with Gasteiger partial charge in [0.25, 0.3) is 5.91 Å². The molecule has 1 saturated carbocycles. The van der Waals surface area contributed by atoms with Gasteiger partial charge in [-0.05, 0) is 81.0 Å². The number of benzene rings is 1. The Morgan fingerprint density at radius 2 is 1.96 bits per heavy atom. The van der Waals surface area contributed by atoms with E-state index in [1.54, 1.807) is 19.5 Å². The van der Waals surface area contributed by atoms with Gasteiger partial charge in [0, 0.05) is 89.4 Å². The number of ether oxygens (including phenoxy) is 2. The molecule has 6 bridgehead atoms. The van der Waals surface area contributed by atoms with E-state index in [0.29, 0.717) is 25.8 Å². The average molecular weight is 790 g/mol. The van der Waals surface area contributed by atoms with Gasteiger partial charge in [-0.2, -0.15) is 0 Å². The second-order valence-corrected chi connectivity index (χ2v) is 17.4. The van der Waals surface area contributed by atoms with Crippen molar-refractivity contribution in [1.29, 1.82) is 0 Å². The molecule has 4 aromatic heterocycles. The number of esters is 1. The number of carbonyl (C=O) groups is 3. The monoisotopic (exact) mass is 789 g/mol. The maximum absolute atomic E-state index is 14.3. The van der Waals surface area contributed by atoms with E-state index in [2.05, 4.69) is 65.3 Å². The molecule has 1 saturated heterocycles. The van der Waals surface area contributed by atoms with E-state index >= 15 is 0 Å². The Morgan fingerprint density at radius 3 is 2.74 bits per heavy atom. The van der Waals surface area contributed by atoms with Gasteiger partial charge >= 0.3 is 5.97 Å². The summed E-state index contributed by atoms with van der Waals surface area (Å²) in [6, 6.07) is 14.7. The predicted octanol–water partition coefficient (Wildman–Crippen LogP) is 6.65. The van der Waals surface area contributed by atoms with Crippen LogP contribution in [0, 0.1) is 17.3 Å². The molecule has 2 N–H and O–H groups in total. The zero-order valence-corrected chi connectivity index (χ0v) is 34.3. The van der Waals surface area contributed by atoms with Crippen LogP contribution in [-0.2, 0) is 43.2 Å². The molecule has 6 atom stereocenters. The third-order valence-corrected chi connectivity index (χ3v) is 12.7. The number of carbonyl (C=O) groups excluding carboxylic acids is 3. The number of rotatable bonds is 7. The van der Waals surface area contributed by atoms with Crippen LogP contribution in [0.2, 0.25) is 0 Å². The van der Waals surface area contributed by atoms with Crippen molar-refractivity contribution in [2.24, 2.45) is 17.3 Å². The molecule has 6 heterocycles. The molecule has 5 aromatic rings. The van der Waals surface area contributed by atoms with E-state index in [0.717, 1.165) is 61.9 Å². The molecule has 2 fully saturated rings. The van der Waals surface area contributed by atoms with Gasteiger partial charge in [0.15, 0.2) is 0 Å². The standard InChI is InChI=1S/C44H51N7O5S/c1-7-50-35-16-15-27-20-29(35)30(40(50)28-12-10-18-46-39(28)26(3)55-6)22-44(4,5)24-56-43(54)32-14-11-19-51(49-32)42(53)33(21-36-47-34(27)23-57-36)48-41(52)38-25(2)37(38)31-13-8-9-17-45-31/h8-10,12-13,15-18,20,23,25-26,32-33,37-38,49H,7,11,14,19,21-22,24H2,1-6H3,(H,48,52)/t25-,26+,32+,33+,37-,38+/m1/s1. The van der Waals surface area contributed by atoms with Crippen LogP contribution >= 0.6 is 11.3 Å². The number of aromatic nitrogens is 4. The lowest BCUT2D eigenvalue weighted by Gasteiger charge is -2.35. The molecule has 13 heteroatoms. The van der Waals surface area contributed by atoms with Crippen LogP contribution in [0.5, 0.6) is 0 Å². The number of nitrogens with zero attached hydrogens (tertiary/aromatic N) is 5. The fourth-order valence-electron chi connectivity index (χ4n) is 8.72. The van der Waals surface area contributed by atoms with Gasteiger partial charge in [0.1, 0.15) is 12.1 Å². The number of aryl methyl sites for hydroxylation is 1. The molecule has 2 aliphatic heterocycles. The number of fused-ring (bicyclic) bond motifs is 6. The normalized spacial score (nSPS) is 24.1. The lowest BCUT2D eigenvalue weighted by molar-refractivity contribution is -0.155. The largest absolute Gasteiger partial charge is 0.464 e. The van der Waals surface area contributed by atoms with Gasteiger partial charge in [-0.3, -0.25) is 29.4 Å². The first-order valence-electron chi connectivity index (χ1n) is 20.0. The van der Waals surface area contributed by atoms with E-state index in [4.69, 9.17) is 19.4 Å². The van der Waals surface area contributed by atoms with Crippen LogP contribution in [0.4, 0.5) is 0 Å². The number of nitrogens with one attached hydrogen (secondary N) is 2. The maximum Gasteiger partial charge on any atom is 0.324 e. The van der Waals surface area contributed by atoms with E-state index < -0.39 is 23.5 Å². The third kappa shape index (κ3) is 7.60. The zero-order chi connectivity index (χ0) is 40.0. The van der Waals surface area contributed by atoms with Crippen molar-refractivity contribution in [3.63, 3.8) is 0 Å². The number of cyclic esters (lactones) is 1. The number of pyridine rings is 2. The molecule has 3 aliphatic rings. The highest BCUT2D eigenvalue weighted by atomic mass is 32.1. The Morgan fingerprint density at radius 1 is 1.14 bits per heavy atom. The molecule has 0 unspecified atom stereocenters. The first-order valence-corrected chi connectivity index (χ1v) is 20.9. The second kappa shape index (κ2) is 15.8. The summed E-state index contributed by atoms with van der Waals surface area (Å²) >= 11 is 1.47. The first-order chi connectivity index (χ1) is 27.5. The van der Waals surface area contributed by atoms with Crippen molar-refractivity contribution in [1.82, 2.24) is 35.3 Å². The second-order valence-electron chi connectivity index (χ2n) is 16.4. The number of hydrazine groups is 1. The van der Waals surface area contributed by atoms with Crippen LogP contribution in [0.1, 0.15) is 81.4 Å². The van der Waals surface area contributed by atoms with Gasteiger partial charge in [-0.25, -0.2) is 10.4 Å². The molecule has 57 heavy (non-hydrogen) atoms. The number of methoxy groups -OCH3 is 1. The van der Waals surface area contributed by atoms with E-state index in [9.17, 15) is 14.4 Å². The van der Waals surface area contributed by atoms with Crippen LogP contribution in [0.15, 0.2) is 66.3 Å². The summed E-state index contributed by atoms with van der Waals surface area (Å²) in [7, 11) is 1.70. The molecule has 1 aliphatic carbocycles. The van der Waals surface area contributed by atoms with E-state index in [1.165, 1.54) is 16.3 Å². The van der Waals surface area contributed by atoms with Crippen LogP contribution < -0.4 is 10.7 Å². The summed E-state index contributed by atoms with van der Waals surface area (Å²) in [4.78, 5) is 56.4. The molecule has 0 radical (unpaired) electrons. The van der Waals surface area contributed by atoms with Crippen LogP contribution in [0.25, 0.3) is 33.4 Å². The fourth-order valence-corrected chi connectivity index (χ4v) is 9.57. The quantitative estimate of drug-likeness (QED) is 0.174. The third-order valence-electron chi connectivity index (χ3n) is 11.9. The summed E-state index contributed by atoms with van der Waals surface area (Å²) in [5.74, 6) is -1.11. The SMILES string of the molecule is CCn1c(-c2cccnc2[C@H](C)OC)c2c3cc(ccc31)-c1csc(n1)C[C@H](NC(=O)[C@H]1[C@H](C)[C@@H]1c1ccccn1)C(=O)N1CCC[C@H](N1)C(=O)OCC(C)(C)C2. The Hall–Kier alpha value is -4.98. The summed E-state index contributed by atoms with van der Waals surface area (Å²) < 4.78 is 14.2. The van der Waals surface area contributed by atoms with Crippen molar-refractivity contribution < 1.29 is 23.9 Å². The fraction of sp³-hybridized carbons (Fsp3) is 0.455. The summed E-state index contributed by atoms with van der Waals surface area (Å²) in [6.45, 7) is 11.7. The van der Waals surface area contributed by atoms with Gasteiger partial charge in [0.05, 0.1) is 34.8 Å². The number of hydrogen-bond donors (Lipinski definition) is 2. The summed E-state index contributed by atoms with van der Waals surface area (Å²) in [5, 5.41) is 8.44. The topological polar surface area (TPSA) is 141 Å². The summed E-state index contributed by atoms with van der Waals surface area (Å²) in [5.41, 5.74) is 10.5. The minimum atomic E-state index is -0.896. The number of hydrogen-bond acceptors (Lipinski definition) is 10. The first kappa shape index (κ1) is 38.9. The van der Waals surface area contributed by atoms with Gasteiger partial charge in [-0.15, -0.1) is 11.3 Å². The van der Waals surface area contributed by atoms with Crippen molar-refractivity contribution in [3.8, 4) is 22.5 Å². The van der Waals surface area contributed by atoms with Crippen LogP contribution in [0.3, 0.4) is 0 Å². The van der Waals surface area contributed by atoms with Gasteiger partial charge in [0.2, 0.25) is 5.91 Å². The van der Waals surface area contributed by atoms with E-state index in [-0.39, 0.29) is 48.7 Å². The van der Waals surface area contributed by atoms with Crippen molar-refractivity contribution in [2.45, 2.75) is 91.0 Å². The minimum Gasteiger partial charge on any atom is -0.464 e. The Balaban J connectivity index is 1.20. The predicted molar refractivity (Wildman–Crippen MR) is 219 cm³/mol.